The number of aromatic nitrogens is 4. The van der Waals surface area contributed by atoms with Crippen molar-refractivity contribution in [2.45, 2.75) is 6.54 Å². The van der Waals surface area contributed by atoms with Gasteiger partial charge < -0.3 is 4.57 Å². The molecule has 0 spiro atoms. The summed E-state index contributed by atoms with van der Waals surface area (Å²) in [7, 11) is 0. The van der Waals surface area contributed by atoms with E-state index in [1.807, 2.05) is 53.1 Å². The van der Waals surface area contributed by atoms with Gasteiger partial charge in [0.1, 0.15) is 5.82 Å². The van der Waals surface area contributed by atoms with Crippen LogP contribution in [-0.2, 0) is 6.54 Å². The molecule has 3 aromatic carbocycles. The summed E-state index contributed by atoms with van der Waals surface area (Å²) in [5.74, 6) is 0.568. The van der Waals surface area contributed by atoms with E-state index in [1.165, 1.54) is 12.1 Å². The summed E-state index contributed by atoms with van der Waals surface area (Å²) >= 11 is 6.02. The fourth-order valence-corrected chi connectivity index (χ4v) is 3.53. The number of nitro groups is 1. The summed E-state index contributed by atoms with van der Waals surface area (Å²) in [5, 5.41) is 11.9. The minimum absolute atomic E-state index is 0.00341. The lowest BCUT2D eigenvalue weighted by Gasteiger charge is -2.09. The van der Waals surface area contributed by atoms with Crippen LogP contribution < -0.4 is 0 Å². The first kappa shape index (κ1) is 18.2. The molecule has 8 heteroatoms. The van der Waals surface area contributed by atoms with E-state index in [0.29, 0.717) is 34.2 Å². The quantitative estimate of drug-likeness (QED) is 0.295. The second kappa shape index (κ2) is 7.20. The van der Waals surface area contributed by atoms with Gasteiger partial charge in [0.2, 0.25) is 0 Å². The first-order chi connectivity index (χ1) is 14.6. The van der Waals surface area contributed by atoms with E-state index in [4.69, 9.17) is 16.6 Å². The molecule has 0 radical (unpaired) electrons. The molecule has 0 bridgehead atoms. The van der Waals surface area contributed by atoms with E-state index >= 15 is 0 Å². The van der Waals surface area contributed by atoms with Crippen LogP contribution in [-0.4, -0.2) is 24.4 Å². The van der Waals surface area contributed by atoms with Crippen molar-refractivity contribution in [3.05, 3.63) is 93.5 Å². The zero-order valence-electron chi connectivity index (χ0n) is 15.6. The van der Waals surface area contributed by atoms with E-state index in [9.17, 15) is 10.1 Å². The number of rotatable bonds is 4. The van der Waals surface area contributed by atoms with Crippen LogP contribution in [0, 0.1) is 10.1 Å². The Balaban J connectivity index is 1.75. The van der Waals surface area contributed by atoms with Gasteiger partial charge in [0.15, 0.2) is 11.3 Å². The molecule has 0 unspecified atom stereocenters. The molecule has 146 valence electrons. The number of para-hydroxylation sites is 2. The molecular formula is C22H14ClN5O2. The molecule has 0 aliphatic rings. The maximum absolute atomic E-state index is 11.3. The Bertz CT molecular complexity index is 1410. The third-order valence-corrected chi connectivity index (χ3v) is 5.08. The Kier molecular flexibility index (Phi) is 4.37. The molecule has 5 rings (SSSR count). The molecular weight excluding hydrogens is 402 g/mol. The van der Waals surface area contributed by atoms with Gasteiger partial charge in [-0.3, -0.25) is 10.1 Å². The zero-order chi connectivity index (χ0) is 20.7. The first-order valence-corrected chi connectivity index (χ1v) is 9.58. The van der Waals surface area contributed by atoms with Crippen LogP contribution in [0.1, 0.15) is 5.56 Å². The lowest BCUT2D eigenvalue weighted by atomic mass is 10.1. The standard InChI is InChI=1S/C22H14ClN5O2/c23-16-10-8-14(9-11-16)13-27-21(15-4-3-5-17(12-15)28(29)30)26-20-22(27)25-19-7-2-1-6-18(19)24-20/h1-12H,13H2. The van der Waals surface area contributed by atoms with Gasteiger partial charge in [0.05, 0.1) is 22.5 Å². The van der Waals surface area contributed by atoms with Crippen molar-refractivity contribution in [1.29, 1.82) is 0 Å². The summed E-state index contributed by atoms with van der Waals surface area (Å²) in [5.41, 5.74) is 4.24. The number of benzene rings is 3. The minimum Gasteiger partial charge on any atom is -0.303 e. The Hall–Kier alpha value is -3.84. The topological polar surface area (TPSA) is 86.7 Å². The number of fused-ring (bicyclic) bond motifs is 2. The molecule has 0 aliphatic carbocycles. The van der Waals surface area contributed by atoms with Crippen LogP contribution >= 0.6 is 11.6 Å². The molecule has 2 heterocycles. The van der Waals surface area contributed by atoms with E-state index in [0.717, 1.165) is 16.6 Å². The fraction of sp³-hybridized carbons (Fsp3) is 0.0455. The SMILES string of the molecule is O=[N+]([O-])c1cccc(-c2nc3nc4ccccc4nc3n2Cc2ccc(Cl)cc2)c1. The van der Waals surface area contributed by atoms with Gasteiger partial charge in [-0.2, -0.15) is 0 Å². The average molecular weight is 416 g/mol. The predicted octanol–water partition coefficient (Wildman–Crippen LogP) is 5.26. The molecule has 0 amide bonds. The Morgan fingerprint density at radius 1 is 0.900 bits per heavy atom. The summed E-state index contributed by atoms with van der Waals surface area (Å²) < 4.78 is 1.93. The molecule has 2 aromatic heterocycles. The van der Waals surface area contributed by atoms with Crippen molar-refractivity contribution in [3.8, 4) is 11.4 Å². The van der Waals surface area contributed by atoms with E-state index in [1.54, 1.807) is 12.1 Å². The average Bonchev–Trinajstić information content (AvgIpc) is 3.11. The molecule has 0 N–H and O–H groups in total. The molecule has 0 fully saturated rings. The number of nitrogens with zero attached hydrogens (tertiary/aromatic N) is 5. The van der Waals surface area contributed by atoms with Gasteiger partial charge in [-0.1, -0.05) is 48.0 Å². The van der Waals surface area contributed by atoms with Crippen molar-refractivity contribution in [1.82, 2.24) is 19.5 Å². The number of nitro benzene ring substituents is 1. The molecule has 7 nitrogen and oxygen atoms in total. The molecule has 0 saturated heterocycles. The molecule has 0 saturated carbocycles. The second-order valence-electron chi connectivity index (χ2n) is 6.81. The summed E-state index contributed by atoms with van der Waals surface area (Å²) in [4.78, 5) is 25.0. The van der Waals surface area contributed by atoms with E-state index in [2.05, 4.69) is 9.97 Å². The van der Waals surface area contributed by atoms with Crippen molar-refractivity contribution in [2.75, 3.05) is 0 Å². The maximum atomic E-state index is 11.3. The highest BCUT2D eigenvalue weighted by Crippen LogP contribution is 2.28. The van der Waals surface area contributed by atoms with Gasteiger partial charge in [0, 0.05) is 22.7 Å². The monoisotopic (exact) mass is 415 g/mol. The number of non-ortho nitro benzene ring substituents is 1. The summed E-state index contributed by atoms with van der Waals surface area (Å²) in [6.07, 6.45) is 0. The van der Waals surface area contributed by atoms with Crippen LogP contribution in [0.4, 0.5) is 5.69 Å². The number of hydrogen-bond donors (Lipinski definition) is 0. The maximum Gasteiger partial charge on any atom is 0.270 e. The number of halogens is 1. The van der Waals surface area contributed by atoms with Crippen molar-refractivity contribution < 1.29 is 4.92 Å². The first-order valence-electron chi connectivity index (χ1n) is 9.21. The number of hydrogen-bond acceptors (Lipinski definition) is 5. The van der Waals surface area contributed by atoms with Crippen LogP contribution in [0.2, 0.25) is 5.02 Å². The second-order valence-corrected chi connectivity index (χ2v) is 7.25. The Labute approximate surface area is 175 Å². The van der Waals surface area contributed by atoms with Gasteiger partial charge in [-0.15, -0.1) is 0 Å². The van der Waals surface area contributed by atoms with Crippen molar-refractivity contribution in [2.24, 2.45) is 0 Å². The van der Waals surface area contributed by atoms with Gasteiger partial charge >= 0.3 is 0 Å². The third-order valence-electron chi connectivity index (χ3n) is 4.83. The zero-order valence-corrected chi connectivity index (χ0v) is 16.3. The van der Waals surface area contributed by atoms with Crippen LogP contribution in [0.15, 0.2) is 72.8 Å². The Morgan fingerprint density at radius 2 is 1.63 bits per heavy atom. The fourth-order valence-electron chi connectivity index (χ4n) is 3.40. The lowest BCUT2D eigenvalue weighted by Crippen LogP contribution is -2.04. The van der Waals surface area contributed by atoms with Crippen molar-refractivity contribution in [3.63, 3.8) is 0 Å². The van der Waals surface area contributed by atoms with E-state index in [-0.39, 0.29) is 5.69 Å². The third kappa shape index (κ3) is 3.25. The van der Waals surface area contributed by atoms with Gasteiger partial charge in [-0.25, -0.2) is 15.0 Å². The predicted molar refractivity (Wildman–Crippen MR) is 115 cm³/mol. The lowest BCUT2D eigenvalue weighted by molar-refractivity contribution is -0.384. The highest BCUT2D eigenvalue weighted by atomic mass is 35.5. The summed E-state index contributed by atoms with van der Waals surface area (Å²) in [6, 6.07) is 21.5. The highest BCUT2D eigenvalue weighted by Gasteiger charge is 2.18. The number of imidazole rings is 1. The van der Waals surface area contributed by atoms with Crippen LogP contribution in [0.5, 0.6) is 0 Å². The van der Waals surface area contributed by atoms with Crippen molar-refractivity contribution >= 4 is 39.6 Å². The molecule has 0 aliphatic heterocycles. The highest BCUT2D eigenvalue weighted by molar-refractivity contribution is 6.30. The largest absolute Gasteiger partial charge is 0.303 e. The van der Waals surface area contributed by atoms with Crippen LogP contribution in [0.3, 0.4) is 0 Å². The Morgan fingerprint density at radius 3 is 2.37 bits per heavy atom. The smallest absolute Gasteiger partial charge is 0.270 e. The minimum atomic E-state index is -0.416. The van der Waals surface area contributed by atoms with Gasteiger partial charge in [-0.05, 0) is 29.8 Å². The van der Waals surface area contributed by atoms with E-state index < -0.39 is 4.92 Å². The molecule has 30 heavy (non-hydrogen) atoms. The van der Waals surface area contributed by atoms with Gasteiger partial charge in [0.25, 0.3) is 5.69 Å². The van der Waals surface area contributed by atoms with Crippen LogP contribution in [0.25, 0.3) is 33.7 Å². The molecule has 0 atom stereocenters. The normalized spacial score (nSPS) is 11.2. The summed E-state index contributed by atoms with van der Waals surface area (Å²) in [6.45, 7) is 0.471. The molecule has 5 aromatic rings.